The fourth-order valence-corrected chi connectivity index (χ4v) is 2.02. The summed E-state index contributed by atoms with van der Waals surface area (Å²) >= 11 is 7.68. The lowest BCUT2D eigenvalue weighted by Crippen LogP contribution is -1.92. The average Bonchev–Trinajstić information content (AvgIpc) is 2.42. The molecule has 94 valence electrons. The van der Waals surface area contributed by atoms with Crippen LogP contribution in [-0.2, 0) is 6.61 Å². The Morgan fingerprint density at radius 3 is 2.61 bits per heavy atom. The van der Waals surface area contributed by atoms with Gasteiger partial charge in [-0.05, 0) is 42.2 Å². The number of aromatic nitrogens is 1. The van der Waals surface area contributed by atoms with Gasteiger partial charge in [0.2, 0.25) is 5.88 Å². The predicted molar refractivity (Wildman–Crippen MR) is 73.5 cm³/mol. The van der Waals surface area contributed by atoms with Crippen molar-refractivity contribution in [3.8, 4) is 11.6 Å². The Balaban J connectivity index is 2.17. The van der Waals surface area contributed by atoms with E-state index in [0.29, 0.717) is 22.2 Å². The van der Waals surface area contributed by atoms with Gasteiger partial charge < -0.3 is 9.84 Å². The van der Waals surface area contributed by atoms with Crippen LogP contribution in [-0.4, -0.2) is 16.3 Å². The molecule has 0 atom stereocenters. The number of aliphatic hydroxyl groups excluding tert-OH is 1. The third kappa shape index (κ3) is 3.16. The van der Waals surface area contributed by atoms with Gasteiger partial charge in [-0.2, -0.15) is 0 Å². The number of aliphatic hydroxyl groups is 1. The molecule has 0 radical (unpaired) electrons. The van der Waals surface area contributed by atoms with Crippen LogP contribution in [0.25, 0.3) is 0 Å². The lowest BCUT2D eigenvalue weighted by molar-refractivity contribution is 0.281. The summed E-state index contributed by atoms with van der Waals surface area (Å²) in [5.74, 6) is 1.02. The second-order valence-corrected chi connectivity index (χ2v) is 4.85. The van der Waals surface area contributed by atoms with Crippen LogP contribution < -0.4 is 4.74 Å². The number of ether oxygens (including phenoxy) is 1. The number of rotatable bonds is 4. The largest absolute Gasteiger partial charge is 0.438 e. The Hall–Kier alpha value is -1.23. The number of hydrogen-bond acceptors (Lipinski definition) is 4. The van der Waals surface area contributed by atoms with E-state index in [1.165, 1.54) is 6.20 Å². The maximum atomic E-state index is 8.96. The Bertz CT molecular complexity index is 531. The van der Waals surface area contributed by atoms with Crippen LogP contribution in [0.15, 0.2) is 41.4 Å². The Morgan fingerprint density at radius 2 is 2.06 bits per heavy atom. The van der Waals surface area contributed by atoms with Crippen molar-refractivity contribution in [2.45, 2.75) is 11.5 Å². The fraction of sp³-hybridized carbons (Fsp3) is 0.154. The molecule has 0 spiro atoms. The van der Waals surface area contributed by atoms with Crippen molar-refractivity contribution < 1.29 is 9.84 Å². The van der Waals surface area contributed by atoms with E-state index in [1.54, 1.807) is 17.8 Å². The summed E-state index contributed by atoms with van der Waals surface area (Å²) in [4.78, 5) is 5.23. The van der Waals surface area contributed by atoms with Crippen molar-refractivity contribution in [3.63, 3.8) is 0 Å². The zero-order chi connectivity index (χ0) is 13.0. The van der Waals surface area contributed by atoms with Crippen LogP contribution in [0.3, 0.4) is 0 Å². The predicted octanol–water partition coefficient (Wildman–Crippen LogP) is 3.74. The van der Waals surface area contributed by atoms with E-state index in [0.717, 1.165) is 4.90 Å². The van der Waals surface area contributed by atoms with E-state index in [1.807, 2.05) is 30.5 Å². The Labute approximate surface area is 115 Å². The van der Waals surface area contributed by atoms with Crippen LogP contribution in [0.1, 0.15) is 5.56 Å². The molecule has 0 amide bonds. The number of halogens is 1. The molecule has 0 saturated heterocycles. The molecule has 0 aliphatic carbocycles. The summed E-state index contributed by atoms with van der Waals surface area (Å²) in [5.41, 5.74) is 0.657. The topological polar surface area (TPSA) is 42.4 Å². The van der Waals surface area contributed by atoms with Crippen molar-refractivity contribution in [1.82, 2.24) is 4.98 Å². The fourth-order valence-electron chi connectivity index (χ4n) is 1.38. The third-order valence-corrected chi connectivity index (χ3v) is 3.33. The first-order valence-electron chi connectivity index (χ1n) is 5.30. The number of thioether (sulfide) groups is 1. The van der Waals surface area contributed by atoms with E-state index in [4.69, 9.17) is 21.4 Å². The SMILES string of the molecule is CSc1ccc(Oc2ncc(CO)cc2Cl)cc1. The Kier molecular flexibility index (Phi) is 4.47. The highest BCUT2D eigenvalue weighted by Crippen LogP contribution is 2.28. The van der Waals surface area contributed by atoms with Crippen molar-refractivity contribution in [1.29, 1.82) is 0 Å². The molecule has 0 unspecified atom stereocenters. The summed E-state index contributed by atoms with van der Waals surface area (Å²) < 4.78 is 5.57. The van der Waals surface area contributed by atoms with Crippen molar-refractivity contribution in [3.05, 3.63) is 47.1 Å². The highest BCUT2D eigenvalue weighted by Gasteiger charge is 2.06. The average molecular weight is 282 g/mol. The van der Waals surface area contributed by atoms with E-state index >= 15 is 0 Å². The number of benzene rings is 1. The normalized spacial score (nSPS) is 10.4. The molecular formula is C13H12ClNO2S. The second-order valence-electron chi connectivity index (χ2n) is 3.57. The van der Waals surface area contributed by atoms with Crippen LogP contribution >= 0.6 is 23.4 Å². The van der Waals surface area contributed by atoms with Crippen molar-refractivity contribution in [2.75, 3.05) is 6.26 Å². The van der Waals surface area contributed by atoms with Gasteiger partial charge in [-0.15, -0.1) is 11.8 Å². The van der Waals surface area contributed by atoms with Gasteiger partial charge in [0.1, 0.15) is 10.8 Å². The molecule has 18 heavy (non-hydrogen) atoms. The molecule has 0 bridgehead atoms. The van der Waals surface area contributed by atoms with E-state index in [9.17, 15) is 0 Å². The van der Waals surface area contributed by atoms with Gasteiger partial charge in [0.05, 0.1) is 6.61 Å². The summed E-state index contributed by atoms with van der Waals surface area (Å²) in [6.07, 6.45) is 3.55. The third-order valence-electron chi connectivity index (χ3n) is 2.32. The van der Waals surface area contributed by atoms with Gasteiger partial charge in [0.25, 0.3) is 0 Å². The van der Waals surface area contributed by atoms with Gasteiger partial charge in [-0.1, -0.05) is 11.6 Å². The first-order chi connectivity index (χ1) is 8.72. The van der Waals surface area contributed by atoms with Crippen LogP contribution in [0.5, 0.6) is 11.6 Å². The minimum atomic E-state index is -0.0879. The molecule has 2 rings (SSSR count). The second kappa shape index (κ2) is 6.09. The summed E-state index contributed by atoms with van der Waals surface area (Å²) in [7, 11) is 0. The van der Waals surface area contributed by atoms with Gasteiger partial charge in [-0.3, -0.25) is 0 Å². The molecule has 5 heteroatoms. The van der Waals surface area contributed by atoms with E-state index in [-0.39, 0.29) is 6.61 Å². The lowest BCUT2D eigenvalue weighted by atomic mass is 10.3. The van der Waals surface area contributed by atoms with Crippen LogP contribution in [0, 0.1) is 0 Å². The minimum Gasteiger partial charge on any atom is -0.438 e. The molecule has 0 aliphatic rings. The number of pyridine rings is 1. The molecule has 1 aromatic carbocycles. The molecule has 1 N–H and O–H groups in total. The quantitative estimate of drug-likeness (QED) is 0.867. The first-order valence-corrected chi connectivity index (χ1v) is 6.90. The molecule has 0 fully saturated rings. The van der Waals surface area contributed by atoms with Crippen molar-refractivity contribution >= 4 is 23.4 Å². The maximum Gasteiger partial charge on any atom is 0.238 e. The number of nitrogens with zero attached hydrogens (tertiary/aromatic N) is 1. The van der Waals surface area contributed by atoms with Gasteiger partial charge in [-0.25, -0.2) is 4.98 Å². The molecule has 1 aromatic heterocycles. The monoisotopic (exact) mass is 281 g/mol. The number of hydrogen-bond donors (Lipinski definition) is 1. The summed E-state index contributed by atoms with van der Waals surface area (Å²) in [6.45, 7) is -0.0879. The zero-order valence-electron chi connectivity index (χ0n) is 9.76. The molecule has 0 aliphatic heterocycles. The maximum absolute atomic E-state index is 8.96. The van der Waals surface area contributed by atoms with Gasteiger partial charge in [0.15, 0.2) is 0 Å². The molecule has 3 nitrogen and oxygen atoms in total. The van der Waals surface area contributed by atoms with Gasteiger partial charge >= 0.3 is 0 Å². The van der Waals surface area contributed by atoms with Crippen LogP contribution in [0.4, 0.5) is 0 Å². The van der Waals surface area contributed by atoms with Gasteiger partial charge in [0, 0.05) is 11.1 Å². The highest BCUT2D eigenvalue weighted by atomic mass is 35.5. The van der Waals surface area contributed by atoms with Crippen molar-refractivity contribution in [2.24, 2.45) is 0 Å². The van der Waals surface area contributed by atoms with E-state index < -0.39 is 0 Å². The standard InChI is InChI=1S/C13H12ClNO2S/c1-18-11-4-2-10(3-5-11)17-13-12(14)6-9(8-16)7-15-13/h2-7,16H,8H2,1H3. The first kappa shape index (κ1) is 13.2. The lowest BCUT2D eigenvalue weighted by Gasteiger charge is -2.07. The Morgan fingerprint density at radius 1 is 1.33 bits per heavy atom. The van der Waals surface area contributed by atoms with E-state index in [2.05, 4.69) is 4.98 Å². The minimum absolute atomic E-state index is 0.0879. The zero-order valence-corrected chi connectivity index (χ0v) is 11.3. The highest BCUT2D eigenvalue weighted by molar-refractivity contribution is 7.98. The molecule has 1 heterocycles. The summed E-state index contributed by atoms with van der Waals surface area (Å²) in [6, 6.07) is 9.31. The molecular weight excluding hydrogens is 270 g/mol. The van der Waals surface area contributed by atoms with Crippen LogP contribution in [0.2, 0.25) is 5.02 Å². The summed E-state index contributed by atoms with van der Waals surface area (Å²) in [5, 5.41) is 9.34. The molecule has 2 aromatic rings. The smallest absolute Gasteiger partial charge is 0.238 e. The molecule has 0 saturated carbocycles.